The van der Waals surface area contributed by atoms with Crippen LogP contribution in [0.1, 0.15) is 42.5 Å². The number of unbranched alkanes of at least 4 members (excludes halogenated alkanes) is 1. The highest BCUT2D eigenvalue weighted by Gasteiger charge is 2.42. The van der Waals surface area contributed by atoms with Gasteiger partial charge in [0, 0.05) is 13.6 Å². The first-order valence-corrected chi connectivity index (χ1v) is 8.57. The maximum atomic E-state index is 12.9. The molecule has 0 saturated carbocycles. The summed E-state index contributed by atoms with van der Waals surface area (Å²) in [5, 5.41) is 3.00. The van der Waals surface area contributed by atoms with Crippen LogP contribution >= 0.6 is 0 Å². The van der Waals surface area contributed by atoms with Crippen molar-refractivity contribution in [3.8, 4) is 0 Å². The molecule has 3 rings (SSSR count). The topological polar surface area (TPSA) is 52.7 Å². The zero-order valence-corrected chi connectivity index (χ0v) is 14.8. The van der Waals surface area contributed by atoms with Crippen LogP contribution in [0.5, 0.6) is 0 Å². The molecule has 128 valence electrons. The molecule has 5 heteroatoms. The normalized spacial score (nSPS) is 20.6. The highest BCUT2D eigenvalue weighted by atomic mass is 16.2. The minimum absolute atomic E-state index is 0.0512. The van der Waals surface area contributed by atoms with Gasteiger partial charge in [-0.3, -0.25) is 9.69 Å². The molecule has 0 spiro atoms. The van der Waals surface area contributed by atoms with E-state index in [4.69, 9.17) is 0 Å². The van der Waals surface area contributed by atoms with Crippen LogP contribution in [-0.4, -0.2) is 41.9 Å². The number of carbonyl (C=O) groups is 2. The van der Waals surface area contributed by atoms with E-state index in [1.807, 2.05) is 30.9 Å². The maximum Gasteiger partial charge on any atom is 0.322 e. The minimum atomic E-state index is -0.358. The molecule has 0 radical (unpaired) electrons. The van der Waals surface area contributed by atoms with Gasteiger partial charge < -0.3 is 10.2 Å². The highest BCUT2D eigenvalue weighted by Crippen LogP contribution is 2.36. The largest absolute Gasteiger partial charge is 0.333 e. The fraction of sp³-hybridized carbons (Fsp3) is 0.474. The molecule has 24 heavy (non-hydrogen) atoms. The van der Waals surface area contributed by atoms with Gasteiger partial charge in [0.25, 0.3) is 5.91 Å². The minimum Gasteiger partial charge on any atom is -0.333 e. The second-order valence-electron chi connectivity index (χ2n) is 6.74. The fourth-order valence-corrected chi connectivity index (χ4v) is 3.54. The number of urea groups is 1. The number of hydrogen-bond donors (Lipinski definition) is 1. The molecule has 0 bridgehead atoms. The van der Waals surface area contributed by atoms with Crippen molar-refractivity contribution in [1.82, 2.24) is 15.1 Å². The number of nitrogens with zero attached hydrogens (tertiary/aromatic N) is 2. The molecule has 2 aliphatic rings. The van der Waals surface area contributed by atoms with Gasteiger partial charge in [0.15, 0.2) is 0 Å². The zero-order valence-electron chi connectivity index (χ0n) is 14.8. The average molecular weight is 327 g/mol. The van der Waals surface area contributed by atoms with Gasteiger partial charge in [-0.1, -0.05) is 37.1 Å². The standard InChI is InChI=1S/C19H25N3O2/c1-5-6-9-22-11-15-16(18(22)23)17(20-19(24)21(15)4)14-8-7-12(2)10-13(14)3/h7-8,10,17H,5-6,9,11H2,1-4H3,(H,20,24)/t17-/m1/s1. The molecule has 0 fully saturated rings. The van der Waals surface area contributed by atoms with Crippen LogP contribution in [0.3, 0.4) is 0 Å². The van der Waals surface area contributed by atoms with E-state index in [2.05, 4.69) is 18.3 Å². The molecule has 2 aliphatic heterocycles. The molecule has 0 saturated heterocycles. The van der Waals surface area contributed by atoms with Gasteiger partial charge >= 0.3 is 6.03 Å². The number of carbonyl (C=O) groups excluding carboxylic acids is 2. The SMILES string of the molecule is CCCCN1CC2=C(C1=O)[C@@H](c1ccc(C)cc1C)NC(=O)N2C. The Morgan fingerprint density at radius 3 is 2.67 bits per heavy atom. The number of nitrogens with one attached hydrogen (secondary N) is 1. The second kappa shape index (κ2) is 6.30. The van der Waals surface area contributed by atoms with E-state index in [1.165, 1.54) is 5.56 Å². The van der Waals surface area contributed by atoms with E-state index in [0.29, 0.717) is 6.54 Å². The molecule has 0 aromatic heterocycles. The van der Waals surface area contributed by atoms with Crippen molar-refractivity contribution in [1.29, 1.82) is 0 Å². The number of amides is 3. The monoisotopic (exact) mass is 327 g/mol. The first kappa shape index (κ1) is 16.6. The lowest BCUT2D eigenvalue weighted by Gasteiger charge is -2.31. The third kappa shape index (κ3) is 2.68. The summed E-state index contributed by atoms with van der Waals surface area (Å²) in [5.41, 5.74) is 4.83. The summed E-state index contributed by atoms with van der Waals surface area (Å²) in [7, 11) is 1.74. The summed E-state index contributed by atoms with van der Waals surface area (Å²) in [5.74, 6) is 0.0512. The maximum absolute atomic E-state index is 12.9. The van der Waals surface area contributed by atoms with E-state index in [1.54, 1.807) is 11.9 Å². The Balaban J connectivity index is 2.01. The van der Waals surface area contributed by atoms with Crippen molar-refractivity contribution in [3.63, 3.8) is 0 Å². The van der Waals surface area contributed by atoms with Gasteiger partial charge in [0.2, 0.25) is 0 Å². The van der Waals surface area contributed by atoms with Gasteiger partial charge in [-0.15, -0.1) is 0 Å². The second-order valence-corrected chi connectivity index (χ2v) is 6.74. The summed E-state index contributed by atoms with van der Waals surface area (Å²) in [6, 6.07) is 5.63. The molecule has 1 N–H and O–H groups in total. The van der Waals surface area contributed by atoms with Crippen LogP contribution < -0.4 is 5.32 Å². The quantitative estimate of drug-likeness (QED) is 0.924. The zero-order chi connectivity index (χ0) is 17.4. The Kier molecular flexibility index (Phi) is 4.35. The molecule has 0 aliphatic carbocycles. The Morgan fingerprint density at radius 1 is 1.25 bits per heavy atom. The lowest BCUT2D eigenvalue weighted by molar-refractivity contribution is -0.125. The van der Waals surface area contributed by atoms with Crippen molar-refractivity contribution in [2.45, 2.75) is 39.7 Å². The van der Waals surface area contributed by atoms with Crippen molar-refractivity contribution in [2.24, 2.45) is 0 Å². The van der Waals surface area contributed by atoms with Gasteiger partial charge in [-0.05, 0) is 31.4 Å². The summed E-state index contributed by atoms with van der Waals surface area (Å²) in [6.45, 7) is 7.45. The predicted molar refractivity (Wildman–Crippen MR) is 93.5 cm³/mol. The van der Waals surface area contributed by atoms with Crippen molar-refractivity contribution in [3.05, 3.63) is 46.2 Å². The molecule has 0 unspecified atom stereocenters. The number of rotatable bonds is 4. The van der Waals surface area contributed by atoms with Gasteiger partial charge in [-0.2, -0.15) is 0 Å². The lowest BCUT2D eigenvalue weighted by Crippen LogP contribution is -2.45. The molecule has 1 aromatic rings. The van der Waals surface area contributed by atoms with E-state index in [0.717, 1.165) is 41.8 Å². The summed E-state index contributed by atoms with van der Waals surface area (Å²) < 4.78 is 0. The van der Waals surface area contributed by atoms with Crippen molar-refractivity contribution >= 4 is 11.9 Å². The first-order chi connectivity index (χ1) is 11.4. The summed E-state index contributed by atoms with van der Waals surface area (Å²) in [4.78, 5) is 28.8. The molecule has 1 atom stereocenters. The number of likely N-dealkylation sites (N-methyl/N-ethyl adjacent to an activating group) is 1. The molecular weight excluding hydrogens is 302 g/mol. The van der Waals surface area contributed by atoms with Crippen LogP contribution in [0.15, 0.2) is 29.5 Å². The van der Waals surface area contributed by atoms with Gasteiger partial charge in [-0.25, -0.2) is 4.79 Å². The van der Waals surface area contributed by atoms with Gasteiger partial charge in [0.1, 0.15) is 0 Å². The molecule has 1 aromatic carbocycles. The van der Waals surface area contributed by atoms with Crippen LogP contribution in [-0.2, 0) is 4.79 Å². The number of hydrogen-bond acceptors (Lipinski definition) is 2. The molecular formula is C19H25N3O2. The van der Waals surface area contributed by atoms with Crippen molar-refractivity contribution < 1.29 is 9.59 Å². The smallest absolute Gasteiger partial charge is 0.322 e. The lowest BCUT2D eigenvalue weighted by atomic mass is 9.91. The summed E-state index contributed by atoms with van der Waals surface area (Å²) in [6.07, 6.45) is 2.02. The van der Waals surface area contributed by atoms with E-state index in [9.17, 15) is 9.59 Å². The van der Waals surface area contributed by atoms with Crippen LogP contribution in [0.2, 0.25) is 0 Å². The first-order valence-electron chi connectivity index (χ1n) is 8.57. The van der Waals surface area contributed by atoms with E-state index < -0.39 is 0 Å². The Morgan fingerprint density at radius 2 is 2.00 bits per heavy atom. The van der Waals surface area contributed by atoms with Crippen LogP contribution in [0.4, 0.5) is 4.79 Å². The Bertz CT molecular complexity index is 723. The summed E-state index contributed by atoms with van der Waals surface area (Å²) >= 11 is 0. The molecule has 5 nitrogen and oxygen atoms in total. The third-order valence-corrected chi connectivity index (χ3v) is 4.95. The van der Waals surface area contributed by atoms with E-state index in [-0.39, 0.29) is 18.0 Å². The highest BCUT2D eigenvalue weighted by molar-refractivity contribution is 6.01. The number of benzene rings is 1. The predicted octanol–water partition coefficient (Wildman–Crippen LogP) is 2.90. The Labute approximate surface area is 143 Å². The number of aryl methyl sites for hydroxylation is 2. The van der Waals surface area contributed by atoms with Crippen LogP contribution in [0.25, 0.3) is 0 Å². The van der Waals surface area contributed by atoms with Crippen LogP contribution in [0, 0.1) is 13.8 Å². The van der Waals surface area contributed by atoms with Crippen molar-refractivity contribution in [2.75, 3.05) is 20.1 Å². The average Bonchev–Trinajstić information content (AvgIpc) is 2.87. The Hall–Kier alpha value is -2.30. The van der Waals surface area contributed by atoms with E-state index >= 15 is 0 Å². The van der Waals surface area contributed by atoms with Gasteiger partial charge in [0.05, 0.1) is 23.9 Å². The molecule has 2 heterocycles. The third-order valence-electron chi connectivity index (χ3n) is 4.95. The molecule has 3 amide bonds. The fourth-order valence-electron chi connectivity index (χ4n) is 3.54.